The Labute approximate surface area is 127 Å². The molecule has 0 saturated heterocycles. The molecule has 2 aromatic rings. The van der Waals surface area contributed by atoms with E-state index in [4.69, 9.17) is 11.6 Å². The van der Waals surface area contributed by atoms with Gasteiger partial charge in [0, 0.05) is 23.5 Å². The standard InChI is InChI=1S/C15H14ClN3O2/c1-2-14(20)17-7-8-18-15(21)12-6-4-10-3-5-11(16)9-13(10)19-12/h2-6,9H,1,7-8H2,(H,17,20)(H,18,21). The molecule has 2 amide bonds. The van der Waals surface area contributed by atoms with Crippen LogP contribution in [0.2, 0.25) is 5.02 Å². The summed E-state index contributed by atoms with van der Waals surface area (Å²) < 4.78 is 0. The third-order valence-electron chi connectivity index (χ3n) is 2.78. The SMILES string of the molecule is C=CC(=O)NCCNC(=O)c1ccc2ccc(Cl)cc2n1. The molecule has 0 fully saturated rings. The Kier molecular flexibility index (Phi) is 4.90. The van der Waals surface area contributed by atoms with E-state index in [2.05, 4.69) is 22.2 Å². The number of carbonyl (C=O) groups is 2. The fraction of sp³-hybridized carbons (Fsp3) is 0.133. The highest BCUT2D eigenvalue weighted by Gasteiger charge is 2.07. The van der Waals surface area contributed by atoms with E-state index in [1.165, 1.54) is 6.08 Å². The molecule has 0 aliphatic rings. The second-order valence-corrected chi connectivity index (χ2v) is 4.72. The lowest BCUT2D eigenvalue weighted by Crippen LogP contribution is -2.34. The van der Waals surface area contributed by atoms with E-state index in [9.17, 15) is 9.59 Å². The highest BCUT2D eigenvalue weighted by Crippen LogP contribution is 2.17. The van der Waals surface area contributed by atoms with Crippen molar-refractivity contribution < 1.29 is 9.59 Å². The number of benzene rings is 1. The molecule has 0 saturated carbocycles. The second kappa shape index (κ2) is 6.85. The van der Waals surface area contributed by atoms with Crippen molar-refractivity contribution in [3.05, 3.63) is 53.7 Å². The number of nitrogens with zero attached hydrogens (tertiary/aromatic N) is 1. The van der Waals surface area contributed by atoms with Gasteiger partial charge in [0.1, 0.15) is 5.69 Å². The van der Waals surface area contributed by atoms with Crippen molar-refractivity contribution in [3.63, 3.8) is 0 Å². The highest BCUT2D eigenvalue weighted by molar-refractivity contribution is 6.31. The van der Waals surface area contributed by atoms with Gasteiger partial charge < -0.3 is 10.6 Å². The molecule has 1 aromatic carbocycles. The molecule has 21 heavy (non-hydrogen) atoms. The number of rotatable bonds is 5. The maximum absolute atomic E-state index is 11.9. The first-order chi connectivity index (χ1) is 10.1. The third-order valence-corrected chi connectivity index (χ3v) is 3.02. The molecule has 5 nitrogen and oxygen atoms in total. The van der Waals surface area contributed by atoms with Crippen LogP contribution in [0.25, 0.3) is 10.9 Å². The van der Waals surface area contributed by atoms with Gasteiger partial charge in [-0.05, 0) is 24.3 Å². The number of halogens is 1. The molecule has 1 heterocycles. The van der Waals surface area contributed by atoms with E-state index in [1.54, 1.807) is 18.2 Å². The molecule has 2 rings (SSSR count). The molecule has 0 aliphatic carbocycles. The number of carbonyl (C=O) groups excluding carboxylic acids is 2. The molecule has 0 spiro atoms. The van der Waals surface area contributed by atoms with Crippen LogP contribution < -0.4 is 10.6 Å². The molecule has 2 N–H and O–H groups in total. The van der Waals surface area contributed by atoms with Gasteiger partial charge in [0.05, 0.1) is 5.52 Å². The van der Waals surface area contributed by atoms with Crippen LogP contribution in [0, 0.1) is 0 Å². The number of hydrogen-bond acceptors (Lipinski definition) is 3. The van der Waals surface area contributed by atoms with Crippen molar-refractivity contribution in [2.75, 3.05) is 13.1 Å². The normalized spacial score (nSPS) is 10.1. The Morgan fingerprint density at radius 1 is 1.19 bits per heavy atom. The Bertz CT molecular complexity index is 700. The summed E-state index contributed by atoms with van der Waals surface area (Å²) in [6.07, 6.45) is 1.18. The summed E-state index contributed by atoms with van der Waals surface area (Å²) in [7, 11) is 0. The van der Waals surface area contributed by atoms with Gasteiger partial charge in [-0.1, -0.05) is 30.3 Å². The van der Waals surface area contributed by atoms with E-state index >= 15 is 0 Å². The Balaban J connectivity index is 1.99. The van der Waals surface area contributed by atoms with E-state index in [1.807, 2.05) is 12.1 Å². The monoisotopic (exact) mass is 303 g/mol. The summed E-state index contributed by atoms with van der Waals surface area (Å²) in [5, 5.41) is 6.72. The van der Waals surface area contributed by atoms with Crippen LogP contribution in [0.1, 0.15) is 10.5 Å². The first kappa shape index (κ1) is 15.0. The maximum atomic E-state index is 11.9. The summed E-state index contributed by atoms with van der Waals surface area (Å²) in [6, 6.07) is 8.78. The first-order valence-electron chi connectivity index (χ1n) is 6.35. The van der Waals surface area contributed by atoms with Crippen molar-refractivity contribution in [3.8, 4) is 0 Å². The Hall–Kier alpha value is -2.40. The lowest BCUT2D eigenvalue weighted by molar-refractivity contribution is -0.116. The summed E-state index contributed by atoms with van der Waals surface area (Å²) in [6.45, 7) is 3.98. The van der Waals surface area contributed by atoms with Gasteiger partial charge >= 0.3 is 0 Å². The van der Waals surface area contributed by atoms with E-state index < -0.39 is 0 Å². The van der Waals surface area contributed by atoms with Gasteiger partial charge in [-0.3, -0.25) is 9.59 Å². The molecular weight excluding hydrogens is 290 g/mol. The van der Waals surface area contributed by atoms with E-state index in [0.717, 1.165) is 5.39 Å². The summed E-state index contributed by atoms with van der Waals surface area (Å²) in [5.74, 6) is -0.576. The predicted octanol–water partition coefficient (Wildman–Crippen LogP) is 1.92. The molecule has 0 radical (unpaired) electrons. The molecular formula is C15H14ClN3O2. The van der Waals surface area contributed by atoms with Crippen molar-refractivity contribution in [1.29, 1.82) is 0 Å². The number of fused-ring (bicyclic) bond motifs is 1. The largest absolute Gasteiger partial charge is 0.351 e. The quantitative estimate of drug-likeness (QED) is 0.655. The zero-order valence-corrected chi connectivity index (χ0v) is 12.0. The zero-order chi connectivity index (χ0) is 15.2. The van der Waals surface area contributed by atoms with Gasteiger partial charge in [-0.15, -0.1) is 0 Å². The molecule has 0 atom stereocenters. The Morgan fingerprint density at radius 3 is 2.67 bits per heavy atom. The van der Waals surface area contributed by atoms with Gasteiger partial charge in [-0.25, -0.2) is 4.98 Å². The number of aromatic nitrogens is 1. The maximum Gasteiger partial charge on any atom is 0.269 e. The van der Waals surface area contributed by atoms with Gasteiger partial charge in [0.15, 0.2) is 0 Å². The average molecular weight is 304 g/mol. The molecule has 108 valence electrons. The van der Waals surface area contributed by atoms with E-state index in [0.29, 0.717) is 29.3 Å². The highest BCUT2D eigenvalue weighted by atomic mass is 35.5. The fourth-order valence-electron chi connectivity index (χ4n) is 1.74. The second-order valence-electron chi connectivity index (χ2n) is 4.28. The summed E-state index contributed by atoms with van der Waals surface area (Å²) in [5.41, 5.74) is 0.968. The van der Waals surface area contributed by atoms with Crippen LogP contribution in [-0.4, -0.2) is 29.9 Å². The van der Waals surface area contributed by atoms with E-state index in [-0.39, 0.29) is 11.8 Å². The van der Waals surface area contributed by atoms with Crippen molar-refractivity contribution >= 4 is 34.3 Å². The molecule has 6 heteroatoms. The Morgan fingerprint density at radius 2 is 1.90 bits per heavy atom. The fourth-order valence-corrected chi connectivity index (χ4v) is 1.91. The van der Waals surface area contributed by atoms with Crippen LogP contribution in [0.3, 0.4) is 0 Å². The molecule has 0 unspecified atom stereocenters. The zero-order valence-electron chi connectivity index (χ0n) is 11.2. The van der Waals surface area contributed by atoms with Crippen molar-refractivity contribution in [1.82, 2.24) is 15.6 Å². The number of nitrogens with one attached hydrogen (secondary N) is 2. The van der Waals surface area contributed by atoms with Gasteiger partial charge in [-0.2, -0.15) is 0 Å². The minimum atomic E-state index is -0.301. The number of pyridine rings is 1. The smallest absolute Gasteiger partial charge is 0.269 e. The van der Waals surface area contributed by atoms with Crippen LogP contribution in [0.4, 0.5) is 0 Å². The van der Waals surface area contributed by atoms with Crippen molar-refractivity contribution in [2.45, 2.75) is 0 Å². The lowest BCUT2D eigenvalue weighted by atomic mass is 10.2. The summed E-state index contributed by atoms with van der Waals surface area (Å²) >= 11 is 5.91. The summed E-state index contributed by atoms with van der Waals surface area (Å²) in [4.78, 5) is 27.2. The lowest BCUT2D eigenvalue weighted by Gasteiger charge is -2.06. The minimum Gasteiger partial charge on any atom is -0.351 e. The van der Waals surface area contributed by atoms with Gasteiger partial charge in [0.2, 0.25) is 5.91 Å². The van der Waals surface area contributed by atoms with Crippen LogP contribution in [-0.2, 0) is 4.79 Å². The van der Waals surface area contributed by atoms with Gasteiger partial charge in [0.25, 0.3) is 5.91 Å². The van der Waals surface area contributed by atoms with Crippen LogP contribution in [0.5, 0.6) is 0 Å². The number of hydrogen-bond donors (Lipinski definition) is 2. The molecule has 0 aliphatic heterocycles. The molecule has 0 bridgehead atoms. The third kappa shape index (κ3) is 4.03. The first-order valence-corrected chi connectivity index (χ1v) is 6.73. The number of amides is 2. The van der Waals surface area contributed by atoms with Crippen molar-refractivity contribution in [2.24, 2.45) is 0 Å². The molecule has 1 aromatic heterocycles. The van der Waals surface area contributed by atoms with Crippen LogP contribution >= 0.6 is 11.6 Å². The minimum absolute atomic E-state index is 0.275. The van der Waals surface area contributed by atoms with Crippen LogP contribution in [0.15, 0.2) is 43.0 Å². The predicted molar refractivity (Wildman–Crippen MR) is 82.3 cm³/mol. The topological polar surface area (TPSA) is 71.1 Å². The average Bonchev–Trinajstić information content (AvgIpc) is 2.50.